The molecule has 746 valence electrons. The summed E-state index contributed by atoms with van der Waals surface area (Å²) in [5.41, 5.74) is 21.8. The summed E-state index contributed by atoms with van der Waals surface area (Å²) in [6, 6.07) is 30.9. The summed E-state index contributed by atoms with van der Waals surface area (Å²) in [6.45, 7) is 16.4. The van der Waals surface area contributed by atoms with Crippen molar-refractivity contribution in [1.29, 1.82) is 0 Å². The number of nitro groups is 2. The van der Waals surface area contributed by atoms with Crippen LogP contribution in [0.1, 0.15) is 92.0 Å². The summed E-state index contributed by atoms with van der Waals surface area (Å²) < 4.78 is 10.7. The standard InChI is InChI=1S/C16H20N2O.C16H17N2O.C9H16N2O.C9H14N2O.C9H10N2O.C8H9N3O4.C8H14N2O.C8H12N2O.C8H8N2O.C5H3ClN2O2.C3H7NO2.BrH/c2*1-17-12-15(19)9-14-11-18(8-7-16(14)17)10-13-5-3-2-4-6-13;3*1-11-6-8(12)4-7-5-10-3-2-9(7)11;1-15-8(12)5-10-6-2-3-9-4-7(6)11(13)14;3*11-7-3-6-4-9-2-1-8(6)10-5-7;6-4-1-2-7-3-5(4)8(9)10;1-6-3(5)2-4;/h2-6H,7-12H2,1H3;2-8,11H,9-10,12H2,1H3;7,9-10H,2-6H2,1H3;10H,2-6H2,1H3;2-3,5H,4,6H2,1H3;2-4H,5H2,1H3,(H,9,10);6,8-10H,1-5H2;9-10H,1-5H2;1-2,4,10H,3,5H2;1-3H;2,4H2,1H3;1H/q;+1;;;;;;;;;;/p-1. The number of carbonyl (C=O) groups excluding carboxylic acids is 10. The number of Topliss-reactive ketones (excluding diaryl/α,β-unsaturated/α-hetero) is 8. The number of hydrogen-bond acceptors (Lipinski definition) is 35. The predicted octanol–water partition coefficient (Wildman–Crippen LogP) is 2.57. The molecule has 4 saturated heterocycles. The van der Waals surface area contributed by atoms with Gasteiger partial charge in [0.05, 0.1) is 88.7 Å². The van der Waals surface area contributed by atoms with Crippen molar-refractivity contribution in [1.82, 2.24) is 71.4 Å². The summed E-state index contributed by atoms with van der Waals surface area (Å²) in [4.78, 5) is 158. The number of aromatic nitrogens is 5. The van der Waals surface area contributed by atoms with Crippen LogP contribution < -0.4 is 79.6 Å². The first-order valence-electron chi connectivity index (χ1n) is 46.4. The minimum atomic E-state index is -0.577. The Hall–Kier alpha value is -12.4. The second kappa shape index (κ2) is 57.2. The van der Waals surface area contributed by atoms with Crippen LogP contribution in [0.25, 0.3) is 0 Å². The van der Waals surface area contributed by atoms with Gasteiger partial charge in [-0.1, -0.05) is 72.3 Å². The number of likely N-dealkylation sites (tertiary alicyclic amines) is 1. The lowest BCUT2D eigenvalue weighted by Crippen LogP contribution is -3.00. The van der Waals surface area contributed by atoms with E-state index >= 15 is 0 Å². The maximum atomic E-state index is 11.7. The molecule has 20 rings (SSSR count). The van der Waals surface area contributed by atoms with Crippen LogP contribution in [0.15, 0.2) is 187 Å². The molecule has 38 nitrogen and oxygen atoms in total. The molecule has 7 aromatic rings. The van der Waals surface area contributed by atoms with Crippen molar-refractivity contribution in [3.05, 3.63) is 240 Å². The van der Waals surface area contributed by atoms with E-state index in [9.17, 15) is 68.2 Å². The summed E-state index contributed by atoms with van der Waals surface area (Å²) in [5.74, 6) is 2.81. The minimum Gasteiger partial charge on any atom is -1.00 e. The molecule has 4 unspecified atom stereocenters. The number of nitrogens with one attached hydrogen (secondary N) is 8. The highest BCUT2D eigenvalue weighted by molar-refractivity contribution is 6.32. The molecule has 0 saturated carbocycles. The molecule has 10 N–H and O–H groups in total. The molecule has 4 fully saturated rings. The van der Waals surface area contributed by atoms with Crippen molar-refractivity contribution in [3.63, 3.8) is 0 Å². The maximum absolute atomic E-state index is 11.7. The number of pyridine rings is 5. The second-order valence-corrected chi connectivity index (χ2v) is 35.8. The Morgan fingerprint density at radius 2 is 1.06 bits per heavy atom. The van der Waals surface area contributed by atoms with Crippen LogP contribution in [0.5, 0.6) is 0 Å². The summed E-state index contributed by atoms with van der Waals surface area (Å²) in [7, 11) is 12.6. The van der Waals surface area contributed by atoms with Gasteiger partial charge in [0, 0.05) is 238 Å². The van der Waals surface area contributed by atoms with Gasteiger partial charge in [-0.05, 0) is 117 Å². The average Bonchev–Trinajstić information content (AvgIpc) is 0.805. The number of piperidine rings is 4. The number of fused-ring (bicyclic) bond motifs is 5. The molecular weight excluding hydrogens is 1870 g/mol. The van der Waals surface area contributed by atoms with Gasteiger partial charge in [0.1, 0.15) is 41.2 Å². The minimum absolute atomic E-state index is 0. The van der Waals surface area contributed by atoms with Crippen molar-refractivity contribution in [2.24, 2.45) is 17.6 Å². The first-order valence-corrected chi connectivity index (χ1v) is 46.8. The zero-order valence-electron chi connectivity index (χ0n) is 80.2. The summed E-state index contributed by atoms with van der Waals surface area (Å²) >= 11 is 5.44. The van der Waals surface area contributed by atoms with E-state index in [2.05, 4.69) is 164 Å². The molecule has 4 atom stereocenters. The molecule has 139 heavy (non-hydrogen) atoms. The van der Waals surface area contributed by atoms with Gasteiger partial charge in [-0.3, -0.25) is 97.9 Å². The van der Waals surface area contributed by atoms with Crippen LogP contribution in [-0.2, 0) is 89.8 Å². The zero-order chi connectivity index (χ0) is 99.0. The molecule has 0 bridgehead atoms. The van der Waals surface area contributed by atoms with E-state index in [0.29, 0.717) is 144 Å². The van der Waals surface area contributed by atoms with Gasteiger partial charge < -0.3 is 94.3 Å². The van der Waals surface area contributed by atoms with Gasteiger partial charge in [0.15, 0.2) is 53.6 Å². The number of methoxy groups -OCH3 is 2. The van der Waals surface area contributed by atoms with Crippen molar-refractivity contribution in [3.8, 4) is 0 Å². The highest BCUT2D eigenvalue weighted by Gasteiger charge is 2.36. The number of ether oxygens (including phenoxy) is 2. The number of nitrogens with two attached hydrogens (primary N) is 1. The van der Waals surface area contributed by atoms with Crippen molar-refractivity contribution < 1.29 is 88.8 Å². The summed E-state index contributed by atoms with van der Waals surface area (Å²) in [6.07, 6.45) is 27.0. The molecular formula is C99H130BrClN22O16. The van der Waals surface area contributed by atoms with Crippen LogP contribution in [0.2, 0.25) is 5.02 Å². The fraction of sp³-hybridized carbons (Fsp3) is 0.465. The Labute approximate surface area is 826 Å². The molecule has 40 heteroatoms. The molecule has 18 heterocycles. The predicted molar refractivity (Wildman–Crippen MR) is 524 cm³/mol. The number of nitrogens with zero attached hydrogens (tertiary/aromatic N) is 13. The molecule has 0 aliphatic carbocycles. The fourth-order valence-electron chi connectivity index (χ4n) is 18.1. The van der Waals surface area contributed by atoms with E-state index in [0.717, 1.165) is 151 Å². The van der Waals surface area contributed by atoms with Crippen LogP contribution in [0.3, 0.4) is 0 Å². The van der Waals surface area contributed by atoms with E-state index in [-0.39, 0.29) is 75.5 Å². The topological polar surface area (TPSA) is 473 Å². The lowest BCUT2D eigenvalue weighted by atomic mass is 9.84. The van der Waals surface area contributed by atoms with Crippen LogP contribution in [0.4, 0.5) is 34.1 Å². The SMILES string of the molecule is CN1CC(=O)CC2=C1CCN(Cc1ccccc1)C2.CN1CC(=O)CC2=C1CCNC2.CN1CC(=O)CC2CNCCC21.CN1CC(=O)Cc2c[n+](Cc3ccccc3)ccc21.CN1CC(=O)Cc2cnccc21.COC(=O)CN.COC(=O)CNc1ccncc1[N+](=O)[O-].O=C1CNC2=C(CNCC2)C1.O=C1CNC2CCNCC2C1.O=C1CNc2ccncc2C1.O=[N+]([O-])c1cnccc1Cl.[Br-]. The normalized spacial score (nSPS) is 19.8. The highest BCUT2D eigenvalue weighted by atomic mass is 79.9. The number of ketones is 8. The van der Waals surface area contributed by atoms with E-state index in [1.807, 2.05) is 68.3 Å². The first-order chi connectivity index (χ1) is 66.5. The number of likely N-dealkylation sites (N-methyl/N-ethyl adjacent to an activating group) is 5. The van der Waals surface area contributed by atoms with Crippen LogP contribution >= 0.6 is 11.6 Å². The molecule has 5 aromatic heterocycles. The van der Waals surface area contributed by atoms with Crippen molar-refractivity contribution in [2.45, 2.75) is 109 Å². The molecule has 2 aromatic carbocycles. The number of hydrogen-bond donors (Lipinski definition) is 9. The monoisotopic (exact) mass is 2000 g/mol. The van der Waals surface area contributed by atoms with E-state index < -0.39 is 15.8 Å². The third-order valence-corrected chi connectivity index (χ3v) is 25.2. The molecule has 13 aliphatic heterocycles. The Kier molecular flexibility index (Phi) is 45.3. The van der Waals surface area contributed by atoms with E-state index in [1.54, 1.807) is 24.8 Å². The number of esters is 2. The van der Waals surface area contributed by atoms with Gasteiger partial charge in [0.25, 0.3) is 0 Å². The van der Waals surface area contributed by atoms with Gasteiger partial charge >= 0.3 is 23.3 Å². The zero-order valence-corrected chi connectivity index (χ0v) is 82.5. The number of anilines is 4. The quantitative estimate of drug-likeness (QED) is 0.0411. The number of halogens is 2. The largest absolute Gasteiger partial charge is 1.00 e. The van der Waals surface area contributed by atoms with Crippen LogP contribution in [0, 0.1) is 32.1 Å². The maximum Gasteiger partial charge on any atom is 0.325 e. The lowest BCUT2D eigenvalue weighted by Gasteiger charge is -2.41. The molecule has 0 radical (unpaired) electrons. The van der Waals surface area contributed by atoms with Gasteiger partial charge in [0.2, 0.25) is 0 Å². The van der Waals surface area contributed by atoms with Crippen molar-refractivity contribution in [2.75, 3.05) is 201 Å². The van der Waals surface area contributed by atoms with Crippen LogP contribution in [-0.4, -0.2) is 300 Å². The number of rotatable bonds is 10. The highest BCUT2D eigenvalue weighted by Crippen LogP contribution is 2.32. The van der Waals surface area contributed by atoms with E-state index in [1.165, 1.54) is 102 Å². The Bertz CT molecular complexity index is 5460. The smallest absolute Gasteiger partial charge is 0.325 e. The Morgan fingerprint density at radius 3 is 1.71 bits per heavy atom. The first kappa shape index (κ1) is 110. The number of benzene rings is 2. The average molecular weight is 2000 g/mol. The van der Waals surface area contributed by atoms with E-state index in [4.69, 9.17) is 17.3 Å². The van der Waals surface area contributed by atoms with Gasteiger partial charge in [-0.25, -0.2) is 4.57 Å². The molecule has 0 spiro atoms. The third kappa shape index (κ3) is 35.8. The Balaban J connectivity index is 0.000000173. The molecule has 0 amide bonds. The second-order valence-electron chi connectivity index (χ2n) is 35.4. The lowest BCUT2D eigenvalue weighted by molar-refractivity contribution is -0.688. The third-order valence-electron chi connectivity index (χ3n) is 24.9. The number of carbonyl (C=O) groups is 10. The summed E-state index contributed by atoms with van der Waals surface area (Å²) in [5, 5.41) is 46.0. The fourth-order valence-corrected chi connectivity index (χ4v) is 18.3. The molecule has 13 aliphatic rings. The Morgan fingerprint density at radius 1 is 0.518 bits per heavy atom. The van der Waals surface area contributed by atoms with Crippen molar-refractivity contribution >= 4 is 104 Å². The van der Waals surface area contributed by atoms with Gasteiger partial charge in [-0.15, -0.1) is 0 Å². The van der Waals surface area contributed by atoms with Gasteiger partial charge in [-0.2, -0.15) is 0 Å².